The minimum Gasteiger partial charge on any atom is -0.395 e. The summed E-state index contributed by atoms with van der Waals surface area (Å²) >= 11 is 0. The summed E-state index contributed by atoms with van der Waals surface area (Å²) in [7, 11) is 0. The molecule has 2 N–H and O–H groups in total. The Kier molecular flexibility index (Phi) is 16.2. The van der Waals surface area contributed by atoms with Gasteiger partial charge in [0.15, 0.2) is 0 Å². The van der Waals surface area contributed by atoms with Crippen LogP contribution >= 0.6 is 0 Å². The summed E-state index contributed by atoms with van der Waals surface area (Å²) in [6, 6.07) is 0. The lowest BCUT2D eigenvalue weighted by atomic mass is 10.2. The number of hydrogen-bond acceptors (Lipinski definition) is 2. The van der Waals surface area contributed by atoms with Crippen LogP contribution in [0.15, 0.2) is 48.6 Å². The molecule has 124 valence electrons. The minimum absolute atomic E-state index is 0.00259. The standard InChI is InChI=1S/C19H31NO2/c1-2-3-4-5-6-7-8-9-10-11-12-13-14-15-16-19(22)20-17-18-21/h3-4,6-7,9-10,12-13,21H,2,5,8,11,14-18H2,1H3,(H,20,22)/b4-3+,7-6-,10-9-,13-12+. The van der Waals surface area contributed by atoms with E-state index in [1.54, 1.807) is 0 Å². The molecular formula is C19H31NO2. The zero-order valence-electron chi connectivity index (χ0n) is 13.8. The second kappa shape index (κ2) is 17.4. The maximum Gasteiger partial charge on any atom is 0.220 e. The highest BCUT2D eigenvalue weighted by Gasteiger charge is 1.97. The molecule has 22 heavy (non-hydrogen) atoms. The first kappa shape index (κ1) is 20.4. The highest BCUT2D eigenvalue weighted by molar-refractivity contribution is 5.75. The van der Waals surface area contributed by atoms with E-state index in [9.17, 15) is 4.79 Å². The molecule has 0 aromatic carbocycles. The van der Waals surface area contributed by atoms with Crippen molar-refractivity contribution in [3.05, 3.63) is 48.6 Å². The molecule has 0 aromatic rings. The molecule has 0 radical (unpaired) electrons. The summed E-state index contributed by atoms with van der Waals surface area (Å²) in [4.78, 5) is 11.3. The first-order valence-corrected chi connectivity index (χ1v) is 8.28. The van der Waals surface area contributed by atoms with Gasteiger partial charge < -0.3 is 10.4 Å². The Morgan fingerprint density at radius 2 is 1.45 bits per heavy atom. The van der Waals surface area contributed by atoms with Crippen LogP contribution in [0.2, 0.25) is 0 Å². The second-order valence-corrected chi connectivity index (χ2v) is 4.97. The molecule has 0 heterocycles. The van der Waals surface area contributed by atoms with Gasteiger partial charge in [-0.2, -0.15) is 0 Å². The fourth-order valence-corrected chi connectivity index (χ4v) is 1.76. The van der Waals surface area contributed by atoms with E-state index >= 15 is 0 Å². The van der Waals surface area contributed by atoms with Crippen LogP contribution < -0.4 is 5.32 Å². The molecule has 3 nitrogen and oxygen atoms in total. The van der Waals surface area contributed by atoms with Gasteiger partial charge in [-0.15, -0.1) is 0 Å². The largest absolute Gasteiger partial charge is 0.395 e. The van der Waals surface area contributed by atoms with Gasteiger partial charge in [0, 0.05) is 13.0 Å². The van der Waals surface area contributed by atoms with Crippen LogP contribution in [0.4, 0.5) is 0 Å². The summed E-state index contributed by atoms with van der Waals surface area (Å²) in [6.07, 6.45) is 23.7. The van der Waals surface area contributed by atoms with Gasteiger partial charge in [0.05, 0.1) is 6.61 Å². The topological polar surface area (TPSA) is 49.3 Å². The number of rotatable bonds is 13. The molecule has 0 aliphatic rings. The predicted octanol–water partition coefficient (Wildman–Crippen LogP) is 4.07. The van der Waals surface area contributed by atoms with E-state index < -0.39 is 0 Å². The van der Waals surface area contributed by atoms with Gasteiger partial charge in [-0.3, -0.25) is 4.79 Å². The maximum atomic E-state index is 11.3. The maximum absolute atomic E-state index is 11.3. The quantitative estimate of drug-likeness (QED) is 0.398. The third-order valence-corrected chi connectivity index (χ3v) is 2.93. The summed E-state index contributed by atoms with van der Waals surface area (Å²) in [5.74, 6) is 0.0166. The van der Waals surface area contributed by atoms with Gasteiger partial charge in [-0.25, -0.2) is 0 Å². The van der Waals surface area contributed by atoms with Crippen LogP contribution in [0.5, 0.6) is 0 Å². The molecule has 0 saturated heterocycles. The first-order chi connectivity index (χ1) is 10.8. The number of unbranched alkanes of at least 4 members (excludes halogenated alkanes) is 1. The van der Waals surface area contributed by atoms with Crippen LogP contribution in [0.3, 0.4) is 0 Å². The van der Waals surface area contributed by atoms with Crippen molar-refractivity contribution >= 4 is 5.91 Å². The first-order valence-electron chi connectivity index (χ1n) is 8.28. The van der Waals surface area contributed by atoms with Crippen molar-refractivity contribution in [2.45, 2.75) is 51.9 Å². The van der Waals surface area contributed by atoms with Gasteiger partial charge in [-0.05, 0) is 38.5 Å². The zero-order chi connectivity index (χ0) is 16.3. The van der Waals surface area contributed by atoms with Gasteiger partial charge >= 0.3 is 0 Å². The molecule has 0 atom stereocenters. The fourth-order valence-electron chi connectivity index (χ4n) is 1.76. The van der Waals surface area contributed by atoms with Crippen molar-refractivity contribution in [1.82, 2.24) is 5.32 Å². The number of carbonyl (C=O) groups is 1. The molecule has 0 unspecified atom stereocenters. The van der Waals surface area contributed by atoms with Crippen molar-refractivity contribution < 1.29 is 9.90 Å². The van der Waals surface area contributed by atoms with Crippen molar-refractivity contribution in [1.29, 1.82) is 0 Å². The third-order valence-electron chi connectivity index (χ3n) is 2.93. The average molecular weight is 305 g/mol. The molecule has 0 aliphatic heterocycles. The Morgan fingerprint density at radius 3 is 2.00 bits per heavy atom. The fraction of sp³-hybridized carbons (Fsp3) is 0.526. The highest BCUT2D eigenvalue weighted by atomic mass is 16.3. The Labute approximate surface area is 135 Å². The number of amides is 1. The molecule has 0 spiro atoms. The smallest absolute Gasteiger partial charge is 0.220 e. The van der Waals surface area contributed by atoms with E-state index in [4.69, 9.17) is 5.11 Å². The summed E-state index contributed by atoms with van der Waals surface area (Å²) in [5, 5.41) is 11.2. The van der Waals surface area contributed by atoms with Crippen LogP contribution in [0, 0.1) is 0 Å². The molecule has 1 amide bonds. The van der Waals surface area contributed by atoms with Crippen molar-refractivity contribution in [3.63, 3.8) is 0 Å². The number of aliphatic hydroxyl groups excluding tert-OH is 1. The minimum atomic E-state index is 0.00259. The number of allylic oxidation sites excluding steroid dienone is 8. The molecule has 0 aliphatic carbocycles. The van der Waals surface area contributed by atoms with Crippen LogP contribution in [0.25, 0.3) is 0 Å². The van der Waals surface area contributed by atoms with Crippen molar-refractivity contribution in [2.75, 3.05) is 13.2 Å². The average Bonchev–Trinajstić information content (AvgIpc) is 2.53. The van der Waals surface area contributed by atoms with E-state index in [0.29, 0.717) is 13.0 Å². The van der Waals surface area contributed by atoms with Crippen LogP contribution in [-0.4, -0.2) is 24.2 Å². The van der Waals surface area contributed by atoms with E-state index in [1.165, 1.54) is 0 Å². The number of aliphatic hydroxyl groups is 1. The van der Waals surface area contributed by atoms with E-state index in [1.807, 2.05) is 0 Å². The van der Waals surface area contributed by atoms with E-state index in [-0.39, 0.29) is 12.5 Å². The lowest BCUT2D eigenvalue weighted by Crippen LogP contribution is -2.25. The monoisotopic (exact) mass is 305 g/mol. The summed E-state index contributed by atoms with van der Waals surface area (Å²) < 4.78 is 0. The van der Waals surface area contributed by atoms with Gasteiger partial charge in [0.1, 0.15) is 0 Å². The Balaban J connectivity index is 3.44. The number of nitrogens with one attached hydrogen (secondary N) is 1. The van der Waals surface area contributed by atoms with Crippen LogP contribution in [0.1, 0.15) is 51.9 Å². The Morgan fingerprint density at radius 1 is 0.909 bits per heavy atom. The normalized spacial score (nSPS) is 12.3. The molecule has 0 bridgehead atoms. The lowest BCUT2D eigenvalue weighted by Gasteiger charge is -2.00. The third kappa shape index (κ3) is 16.4. The van der Waals surface area contributed by atoms with Crippen LogP contribution in [-0.2, 0) is 4.79 Å². The van der Waals surface area contributed by atoms with Gasteiger partial charge in [-0.1, -0.05) is 55.5 Å². The number of carbonyl (C=O) groups excluding carboxylic acids is 1. The SMILES string of the molecule is CC/C=C/C/C=C\C/C=C\C/C=C/CCCC(=O)NCCO. The Hall–Kier alpha value is -1.61. The zero-order valence-corrected chi connectivity index (χ0v) is 13.8. The second-order valence-electron chi connectivity index (χ2n) is 4.97. The summed E-state index contributed by atoms with van der Waals surface area (Å²) in [5.41, 5.74) is 0. The lowest BCUT2D eigenvalue weighted by molar-refractivity contribution is -0.121. The van der Waals surface area contributed by atoms with Crippen molar-refractivity contribution in [3.8, 4) is 0 Å². The molecule has 0 aromatic heterocycles. The van der Waals surface area contributed by atoms with Gasteiger partial charge in [0.2, 0.25) is 5.91 Å². The molecule has 0 fully saturated rings. The highest BCUT2D eigenvalue weighted by Crippen LogP contribution is 1.99. The number of hydrogen-bond donors (Lipinski definition) is 2. The molecule has 0 saturated carbocycles. The van der Waals surface area contributed by atoms with E-state index in [0.717, 1.165) is 38.5 Å². The van der Waals surface area contributed by atoms with E-state index in [2.05, 4.69) is 60.8 Å². The van der Waals surface area contributed by atoms with Gasteiger partial charge in [0.25, 0.3) is 0 Å². The molecular weight excluding hydrogens is 274 g/mol. The molecule has 3 heteroatoms. The molecule has 0 rings (SSSR count). The van der Waals surface area contributed by atoms with Crippen molar-refractivity contribution in [2.24, 2.45) is 0 Å². The predicted molar refractivity (Wildman–Crippen MR) is 94.6 cm³/mol. The summed E-state index contributed by atoms with van der Waals surface area (Å²) in [6.45, 7) is 2.49. The Bertz CT molecular complexity index is 368.